The van der Waals surface area contributed by atoms with Crippen LogP contribution in [0.1, 0.15) is 40.3 Å². The fraction of sp³-hybridized carbons (Fsp3) is 0.192. The van der Waals surface area contributed by atoms with E-state index in [1.165, 1.54) is 22.5 Å². The molecule has 1 aliphatic heterocycles. The topological polar surface area (TPSA) is 46.0 Å². The summed E-state index contributed by atoms with van der Waals surface area (Å²) in [6.07, 6.45) is 5.55. The first-order valence-electron chi connectivity index (χ1n) is 10.8. The van der Waals surface area contributed by atoms with E-state index in [2.05, 4.69) is 50.7 Å². The third-order valence-electron chi connectivity index (χ3n) is 6.20. The fourth-order valence-electron chi connectivity index (χ4n) is 4.60. The van der Waals surface area contributed by atoms with E-state index in [1.54, 1.807) is 6.20 Å². The van der Waals surface area contributed by atoms with E-state index in [0.29, 0.717) is 10.1 Å². The third-order valence-corrected chi connectivity index (χ3v) is 6.76. The average molecular weight is 474 g/mol. The Bertz CT molecular complexity index is 1270. The first kappa shape index (κ1) is 21.6. The monoisotopic (exact) mass is 473 g/mol. The van der Waals surface area contributed by atoms with Crippen molar-refractivity contribution in [2.24, 2.45) is 0 Å². The maximum Gasteiger partial charge on any atom is 0.174 e. The zero-order chi connectivity index (χ0) is 22.9. The van der Waals surface area contributed by atoms with Crippen LogP contribution in [0.15, 0.2) is 79.3 Å². The van der Waals surface area contributed by atoms with E-state index in [4.69, 9.17) is 23.8 Å². The highest BCUT2D eigenvalue weighted by Gasteiger charge is 2.42. The Kier molecular flexibility index (Phi) is 5.87. The minimum absolute atomic E-state index is 0.0533. The fourth-order valence-corrected chi connectivity index (χ4v) is 5.07. The van der Waals surface area contributed by atoms with Gasteiger partial charge in [0.25, 0.3) is 0 Å². The molecule has 166 valence electrons. The molecular weight excluding hydrogens is 450 g/mol. The lowest BCUT2D eigenvalue weighted by Crippen LogP contribution is -2.29. The lowest BCUT2D eigenvalue weighted by Gasteiger charge is -2.28. The quantitative estimate of drug-likeness (QED) is 0.372. The summed E-state index contributed by atoms with van der Waals surface area (Å²) in [7, 11) is 0. The van der Waals surface area contributed by atoms with Crippen LogP contribution in [0.25, 0.3) is 0 Å². The number of nitrogens with one attached hydrogen (secondary N) is 1. The van der Waals surface area contributed by atoms with Gasteiger partial charge in [-0.1, -0.05) is 23.7 Å². The van der Waals surface area contributed by atoms with Gasteiger partial charge >= 0.3 is 0 Å². The van der Waals surface area contributed by atoms with Crippen LogP contribution in [0.2, 0.25) is 5.02 Å². The van der Waals surface area contributed by atoms with Crippen LogP contribution >= 0.6 is 23.8 Å². The summed E-state index contributed by atoms with van der Waals surface area (Å²) >= 11 is 12.0. The average Bonchev–Trinajstić information content (AvgIpc) is 3.32. The van der Waals surface area contributed by atoms with Crippen molar-refractivity contribution in [2.75, 3.05) is 4.90 Å². The van der Waals surface area contributed by atoms with Crippen molar-refractivity contribution < 1.29 is 0 Å². The van der Waals surface area contributed by atoms with Gasteiger partial charge in [-0.25, -0.2) is 0 Å². The molecule has 0 spiro atoms. The second-order valence-electron chi connectivity index (χ2n) is 8.25. The Morgan fingerprint density at radius 2 is 1.85 bits per heavy atom. The Morgan fingerprint density at radius 1 is 1.03 bits per heavy atom. The summed E-state index contributed by atoms with van der Waals surface area (Å²) in [6.45, 7) is 5.09. The minimum atomic E-state index is -0.0817. The molecule has 0 amide bonds. The van der Waals surface area contributed by atoms with Crippen LogP contribution in [-0.2, 0) is 6.54 Å². The van der Waals surface area contributed by atoms with Crippen molar-refractivity contribution in [1.29, 1.82) is 0 Å². The van der Waals surface area contributed by atoms with Crippen LogP contribution in [0.4, 0.5) is 5.69 Å². The zero-order valence-electron chi connectivity index (χ0n) is 18.4. The highest BCUT2D eigenvalue weighted by atomic mass is 35.5. The van der Waals surface area contributed by atoms with Gasteiger partial charge < -0.3 is 14.8 Å². The number of hydrogen-bond acceptors (Lipinski definition) is 3. The number of nitrogens with zero attached hydrogens (tertiary/aromatic N) is 4. The van der Waals surface area contributed by atoms with E-state index in [0.717, 1.165) is 17.9 Å². The molecule has 4 heterocycles. The maximum atomic E-state index is 6.17. The van der Waals surface area contributed by atoms with Gasteiger partial charge in [0.05, 0.1) is 17.8 Å². The number of thiocarbonyl (C=S) groups is 1. The molecule has 1 saturated heterocycles. The van der Waals surface area contributed by atoms with Crippen molar-refractivity contribution >= 4 is 34.6 Å². The molecular formula is C26H24ClN5S. The second kappa shape index (κ2) is 8.96. The van der Waals surface area contributed by atoms with Gasteiger partial charge in [0.15, 0.2) is 5.11 Å². The van der Waals surface area contributed by atoms with E-state index in [9.17, 15) is 0 Å². The molecule has 1 fully saturated rings. The Labute approximate surface area is 204 Å². The van der Waals surface area contributed by atoms with Crippen molar-refractivity contribution in [2.45, 2.75) is 32.5 Å². The molecule has 1 aliphatic rings. The lowest BCUT2D eigenvalue weighted by molar-refractivity contribution is 0.563. The molecule has 33 heavy (non-hydrogen) atoms. The van der Waals surface area contributed by atoms with Crippen molar-refractivity contribution in [1.82, 2.24) is 19.9 Å². The molecule has 7 heteroatoms. The normalized spacial score (nSPS) is 17.9. The van der Waals surface area contributed by atoms with Crippen LogP contribution in [0.5, 0.6) is 0 Å². The lowest BCUT2D eigenvalue weighted by atomic mass is 9.96. The summed E-state index contributed by atoms with van der Waals surface area (Å²) in [5.41, 5.74) is 6.74. The molecule has 5 rings (SSSR count). The minimum Gasteiger partial charge on any atom is -0.351 e. The predicted octanol–water partition coefficient (Wildman–Crippen LogP) is 5.77. The van der Waals surface area contributed by atoms with Gasteiger partial charge in [0.1, 0.15) is 0 Å². The van der Waals surface area contributed by atoms with Crippen LogP contribution in [0, 0.1) is 13.8 Å². The molecule has 3 aromatic heterocycles. The first-order valence-corrected chi connectivity index (χ1v) is 11.6. The predicted molar refractivity (Wildman–Crippen MR) is 137 cm³/mol. The van der Waals surface area contributed by atoms with E-state index in [-0.39, 0.29) is 12.1 Å². The van der Waals surface area contributed by atoms with Gasteiger partial charge in [-0.05, 0) is 85.7 Å². The van der Waals surface area contributed by atoms with Crippen LogP contribution in [0.3, 0.4) is 0 Å². The number of anilines is 1. The molecule has 2 atom stereocenters. The Balaban J connectivity index is 1.62. The number of rotatable bonds is 5. The number of aromatic nitrogens is 3. The standard InChI is InChI=1S/C26H24ClN5S/c1-17-14-22(18(2)31(17)16-19-6-5-12-28-15-19)25-24(23-7-3-4-13-29-23)30-26(33)32(25)21-10-8-20(27)9-11-21/h3-15,24-25H,16H2,1-2H3,(H,30,33)/t24-,25-/m0/s1. The summed E-state index contributed by atoms with van der Waals surface area (Å²) in [4.78, 5) is 11.1. The summed E-state index contributed by atoms with van der Waals surface area (Å²) < 4.78 is 2.34. The molecule has 0 bridgehead atoms. The van der Waals surface area contributed by atoms with Gasteiger partial charge in [-0.3, -0.25) is 9.97 Å². The van der Waals surface area contributed by atoms with Crippen LogP contribution in [-0.4, -0.2) is 19.6 Å². The number of hydrogen-bond donors (Lipinski definition) is 1. The van der Waals surface area contributed by atoms with E-state index >= 15 is 0 Å². The molecule has 4 aromatic rings. The second-order valence-corrected chi connectivity index (χ2v) is 9.07. The molecule has 0 aliphatic carbocycles. The molecule has 0 unspecified atom stereocenters. The zero-order valence-corrected chi connectivity index (χ0v) is 20.0. The SMILES string of the molecule is Cc1cc([C@H]2[C@H](c3ccccn3)NC(=S)N2c2ccc(Cl)cc2)c(C)n1Cc1cccnc1. The van der Waals surface area contributed by atoms with E-state index < -0.39 is 0 Å². The summed E-state index contributed by atoms with van der Waals surface area (Å²) in [5.74, 6) is 0. The maximum absolute atomic E-state index is 6.17. The molecule has 1 aromatic carbocycles. The molecule has 5 nitrogen and oxygen atoms in total. The number of aryl methyl sites for hydroxylation is 1. The summed E-state index contributed by atoms with van der Waals surface area (Å²) in [6, 6.07) is 20.0. The molecule has 0 radical (unpaired) electrons. The molecule has 1 N–H and O–H groups in total. The smallest absolute Gasteiger partial charge is 0.174 e. The number of benzene rings is 1. The summed E-state index contributed by atoms with van der Waals surface area (Å²) in [5, 5.41) is 4.90. The van der Waals surface area contributed by atoms with Crippen molar-refractivity contribution in [3.8, 4) is 0 Å². The Morgan fingerprint density at radius 3 is 2.55 bits per heavy atom. The van der Waals surface area contributed by atoms with Gasteiger partial charge in [-0.2, -0.15) is 0 Å². The van der Waals surface area contributed by atoms with Crippen LogP contribution < -0.4 is 10.2 Å². The van der Waals surface area contributed by atoms with Crippen molar-refractivity contribution in [3.05, 3.63) is 112 Å². The van der Waals surface area contributed by atoms with Gasteiger partial charge in [0.2, 0.25) is 0 Å². The van der Waals surface area contributed by atoms with Gasteiger partial charge in [0, 0.05) is 47.2 Å². The van der Waals surface area contributed by atoms with Crippen molar-refractivity contribution in [3.63, 3.8) is 0 Å². The first-order chi connectivity index (χ1) is 16.0. The van der Waals surface area contributed by atoms with Gasteiger partial charge in [-0.15, -0.1) is 0 Å². The third kappa shape index (κ3) is 4.12. The highest BCUT2D eigenvalue weighted by Crippen LogP contribution is 2.43. The number of halogens is 1. The highest BCUT2D eigenvalue weighted by molar-refractivity contribution is 7.80. The molecule has 0 saturated carbocycles. The largest absolute Gasteiger partial charge is 0.351 e. The number of pyridine rings is 2. The van der Waals surface area contributed by atoms with E-state index in [1.807, 2.05) is 60.9 Å². The Hall–Kier alpha value is -3.22.